The number of pyridine rings is 2. The Labute approximate surface area is 235 Å². The van der Waals surface area contributed by atoms with Gasteiger partial charge in [-0.25, -0.2) is 27.8 Å². The Morgan fingerprint density at radius 1 is 1.10 bits per heavy atom. The number of nitrogens with one attached hydrogen (secondary N) is 1. The van der Waals surface area contributed by atoms with Crippen LogP contribution in [0.15, 0.2) is 30.7 Å². The highest BCUT2D eigenvalue weighted by atomic mass is 32.2. The highest BCUT2D eigenvalue weighted by molar-refractivity contribution is 7.91. The predicted octanol–water partition coefficient (Wildman–Crippen LogP) is 3.85. The average molecular weight is 572 g/mol. The molecule has 3 aromatic rings. The van der Waals surface area contributed by atoms with Gasteiger partial charge in [-0.1, -0.05) is 13.8 Å². The number of aromatic nitrogens is 4. The third-order valence-corrected chi connectivity index (χ3v) is 10.3. The SMILES string of the molecule is CC(C)c1cnc(N2CC(CS(=O)(=O)C(C)C)C2)c2cnc(Nc3ccnc(N4CC[C@@H](O)[C@@](C)(F)C4)n3)cc12. The number of rotatable bonds is 8. The first-order valence-corrected chi connectivity index (χ1v) is 15.5. The summed E-state index contributed by atoms with van der Waals surface area (Å²) in [4.78, 5) is 22.2. The van der Waals surface area contributed by atoms with Gasteiger partial charge >= 0.3 is 0 Å². The van der Waals surface area contributed by atoms with Crippen LogP contribution in [0.2, 0.25) is 0 Å². The van der Waals surface area contributed by atoms with E-state index in [9.17, 15) is 17.9 Å². The number of sulfone groups is 1. The Kier molecular flexibility index (Phi) is 7.60. The fraction of sp³-hybridized carbons (Fsp3) is 0.571. The molecule has 0 saturated carbocycles. The van der Waals surface area contributed by atoms with Crippen molar-refractivity contribution in [3.8, 4) is 0 Å². The Morgan fingerprint density at radius 3 is 2.52 bits per heavy atom. The number of piperidine rings is 1. The summed E-state index contributed by atoms with van der Waals surface area (Å²) in [6.45, 7) is 10.8. The number of halogens is 1. The molecule has 12 heteroatoms. The molecule has 0 aliphatic carbocycles. The second kappa shape index (κ2) is 10.7. The highest BCUT2D eigenvalue weighted by Gasteiger charge is 2.40. The molecule has 0 bridgehead atoms. The van der Waals surface area contributed by atoms with Crippen molar-refractivity contribution in [1.82, 2.24) is 19.9 Å². The summed E-state index contributed by atoms with van der Waals surface area (Å²) in [5, 5.41) is 14.8. The number of nitrogens with zero attached hydrogens (tertiary/aromatic N) is 6. The standard InChI is InChI=1S/C28H38FN7O3S/c1-17(2)21-11-32-26(36-13-19(14-36)15-40(38,39)18(3)4)22-12-31-25(10-20(21)22)33-24-6-8-30-27(34-24)35-9-7-23(37)28(5,29)16-35/h6,8,10-12,17-19,23,37H,7,9,13-16H2,1-5H3,(H,30,31,33,34)/t23-,28+/m1/s1. The molecular weight excluding hydrogens is 533 g/mol. The Balaban J connectivity index is 1.37. The number of fused-ring (bicyclic) bond motifs is 1. The summed E-state index contributed by atoms with van der Waals surface area (Å²) in [6, 6.07) is 3.71. The smallest absolute Gasteiger partial charge is 0.227 e. The number of aliphatic hydroxyl groups excluding tert-OH is 1. The van der Waals surface area contributed by atoms with Crippen molar-refractivity contribution in [1.29, 1.82) is 0 Å². The van der Waals surface area contributed by atoms with Gasteiger partial charge in [0.2, 0.25) is 5.95 Å². The van der Waals surface area contributed by atoms with Crippen LogP contribution in [0.3, 0.4) is 0 Å². The molecule has 2 atom stereocenters. The fourth-order valence-electron chi connectivity index (χ4n) is 5.30. The minimum Gasteiger partial charge on any atom is -0.390 e. The van der Waals surface area contributed by atoms with Crippen LogP contribution in [0, 0.1) is 5.92 Å². The predicted molar refractivity (Wildman–Crippen MR) is 156 cm³/mol. The molecule has 5 rings (SSSR count). The van der Waals surface area contributed by atoms with E-state index in [1.165, 1.54) is 6.92 Å². The van der Waals surface area contributed by atoms with Gasteiger partial charge in [-0.05, 0) is 56.2 Å². The summed E-state index contributed by atoms with van der Waals surface area (Å²) in [7, 11) is -3.09. The highest BCUT2D eigenvalue weighted by Crippen LogP contribution is 2.36. The molecule has 2 aliphatic rings. The lowest BCUT2D eigenvalue weighted by molar-refractivity contribution is -0.00860. The molecule has 5 heterocycles. The molecule has 3 aromatic heterocycles. The van der Waals surface area contributed by atoms with E-state index in [2.05, 4.69) is 39.0 Å². The largest absolute Gasteiger partial charge is 0.390 e. The number of alkyl halides is 1. The maximum Gasteiger partial charge on any atom is 0.227 e. The van der Waals surface area contributed by atoms with Gasteiger partial charge in [-0.3, -0.25) is 0 Å². The summed E-state index contributed by atoms with van der Waals surface area (Å²) in [5.74, 6) is 2.85. The molecule has 2 fully saturated rings. The molecule has 40 heavy (non-hydrogen) atoms. The van der Waals surface area contributed by atoms with Crippen LogP contribution in [0.25, 0.3) is 10.8 Å². The van der Waals surface area contributed by atoms with Gasteiger partial charge in [0, 0.05) is 49.5 Å². The first-order valence-electron chi connectivity index (χ1n) is 13.8. The van der Waals surface area contributed by atoms with Crippen LogP contribution in [0.4, 0.5) is 27.8 Å². The fourth-order valence-corrected chi connectivity index (χ4v) is 6.55. The van der Waals surface area contributed by atoms with Crippen molar-refractivity contribution in [3.63, 3.8) is 0 Å². The Morgan fingerprint density at radius 2 is 1.85 bits per heavy atom. The van der Waals surface area contributed by atoms with Crippen LogP contribution < -0.4 is 15.1 Å². The molecule has 2 aliphatic heterocycles. The van der Waals surface area contributed by atoms with E-state index in [0.29, 0.717) is 43.6 Å². The van der Waals surface area contributed by atoms with Crippen LogP contribution >= 0.6 is 0 Å². The van der Waals surface area contributed by atoms with Gasteiger partial charge in [0.15, 0.2) is 15.5 Å². The van der Waals surface area contributed by atoms with Gasteiger partial charge in [0.05, 0.1) is 23.7 Å². The maximum absolute atomic E-state index is 14.7. The van der Waals surface area contributed by atoms with Gasteiger partial charge in [0.25, 0.3) is 0 Å². The molecule has 10 nitrogen and oxygen atoms in total. The lowest BCUT2D eigenvalue weighted by Gasteiger charge is -2.40. The molecule has 0 radical (unpaired) electrons. The maximum atomic E-state index is 14.7. The minimum absolute atomic E-state index is 0.0140. The number of hydrogen-bond donors (Lipinski definition) is 2. The number of anilines is 4. The molecule has 2 saturated heterocycles. The summed E-state index contributed by atoms with van der Waals surface area (Å²) < 4.78 is 39.5. The topological polar surface area (TPSA) is 124 Å². The zero-order valence-corrected chi connectivity index (χ0v) is 24.5. The molecule has 0 amide bonds. The van der Waals surface area contributed by atoms with Crippen molar-refractivity contribution in [3.05, 3.63) is 36.3 Å². The van der Waals surface area contributed by atoms with Crippen LogP contribution in [0.5, 0.6) is 0 Å². The second-order valence-electron chi connectivity index (χ2n) is 11.8. The first kappa shape index (κ1) is 28.4. The normalized spacial score (nSPS) is 22.3. The van der Waals surface area contributed by atoms with E-state index in [-0.39, 0.29) is 29.4 Å². The lowest BCUT2D eigenvalue weighted by Crippen LogP contribution is -2.52. The zero-order valence-electron chi connectivity index (χ0n) is 23.7. The van der Waals surface area contributed by atoms with E-state index in [1.807, 2.05) is 12.3 Å². The third-order valence-electron chi connectivity index (χ3n) is 7.90. The van der Waals surface area contributed by atoms with Gasteiger partial charge in [-0.15, -0.1) is 0 Å². The second-order valence-corrected chi connectivity index (χ2v) is 14.4. The van der Waals surface area contributed by atoms with Crippen molar-refractivity contribution in [2.75, 3.05) is 47.0 Å². The quantitative estimate of drug-likeness (QED) is 0.412. The van der Waals surface area contributed by atoms with Crippen molar-refractivity contribution < 1.29 is 17.9 Å². The van der Waals surface area contributed by atoms with E-state index in [0.717, 1.165) is 22.2 Å². The summed E-state index contributed by atoms with van der Waals surface area (Å²) in [6.07, 6.45) is 4.61. The first-order chi connectivity index (χ1) is 18.8. The average Bonchev–Trinajstić information content (AvgIpc) is 2.87. The van der Waals surface area contributed by atoms with Crippen molar-refractivity contribution >= 4 is 44.0 Å². The molecule has 0 aromatic carbocycles. The molecular formula is C28H38FN7O3S. The van der Waals surface area contributed by atoms with Crippen molar-refractivity contribution in [2.45, 2.75) is 64.0 Å². The van der Waals surface area contributed by atoms with E-state index in [4.69, 9.17) is 4.98 Å². The van der Waals surface area contributed by atoms with Crippen LogP contribution in [-0.2, 0) is 9.84 Å². The van der Waals surface area contributed by atoms with E-state index >= 15 is 0 Å². The van der Waals surface area contributed by atoms with E-state index in [1.54, 1.807) is 37.2 Å². The minimum atomic E-state index is -3.09. The number of hydrogen-bond acceptors (Lipinski definition) is 10. The molecule has 216 valence electrons. The zero-order chi connectivity index (χ0) is 28.8. The van der Waals surface area contributed by atoms with Crippen LogP contribution in [0.1, 0.15) is 52.5 Å². The molecule has 2 N–H and O–H groups in total. The third kappa shape index (κ3) is 5.69. The van der Waals surface area contributed by atoms with Crippen molar-refractivity contribution in [2.24, 2.45) is 5.92 Å². The van der Waals surface area contributed by atoms with Gasteiger partial charge in [0.1, 0.15) is 17.5 Å². The molecule has 0 spiro atoms. The Bertz CT molecular complexity index is 1490. The monoisotopic (exact) mass is 571 g/mol. The number of aliphatic hydroxyl groups is 1. The lowest BCUT2D eigenvalue weighted by atomic mass is 9.94. The summed E-state index contributed by atoms with van der Waals surface area (Å²) in [5.41, 5.74) is -0.649. The van der Waals surface area contributed by atoms with Gasteiger partial charge in [-0.2, -0.15) is 4.98 Å². The van der Waals surface area contributed by atoms with Gasteiger partial charge < -0.3 is 20.2 Å². The van der Waals surface area contributed by atoms with Crippen LogP contribution in [-0.4, -0.2) is 82.4 Å². The Hall–Kier alpha value is -3.12. The summed E-state index contributed by atoms with van der Waals surface area (Å²) >= 11 is 0. The van der Waals surface area contributed by atoms with E-state index < -0.39 is 21.6 Å². The molecule has 0 unspecified atom stereocenters.